The Kier molecular flexibility index (Phi) is 5.00. The van der Waals surface area contributed by atoms with Crippen LogP contribution in [0.2, 0.25) is 5.02 Å². The Labute approximate surface area is 135 Å². The fourth-order valence-electron chi connectivity index (χ4n) is 2.37. The van der Waals surface area contributed by atoms with Crippen molar-refractivity contribution in [1.82, 2.24) is 5.06 Å². The van der Waals surface area contributed by atoms with Crippen LogP contribution in [0.1, 0.15) is 39.2 Å². The molecule has 0 unspecified atom stereocenters. The van der Waals surface area contributed by atoms with Crippen LogP contribution in [-0.2, 0) is 15.2 Å². The molecule has 1 saturated heterocycles. The molecule has 1 N–H and O–H groups in total. The summed E-state index contributed by atoms with van der Waals surface area (Å²) in [6, 6.07) is 7.18. The monoisotopic (exact) mass is 327 g/mol. The summed E-state index contributed by atoms with van der Waals surface area (Å²) in [7, 11) is 0. The number of hydrogen-bond donors (Lipinski definition) is 1. The lowest BCUT2D eigenvalue weighted by Crippen LogP contribution is -2.44. The van der Waals surface area contributed by atoms with E-state index in [4.69, 9.17) is 21.2 Å². The molecule has 1 aromatic rings. The Morgan fingerprint density at radius 3 is 2.27 bits per heavy atom. The number of hydroxylamine groups is 2. The highest BCUT2D eigenvalue weighted by Crippen LogP contribution is 2.33. The Morgan fingerprint density at radius 1 is 1.23 bits per heavy atom. The summed E-state index contributed by atoms with van der Waals surface area (Å²) in [5.41, 5.74) is -0.677. The lowest BCUT2D eigenvalue weighted by atomic mass is 9.85. The summed E-state index contributed by atoms with van der Waals surface area (Å²) in [6.07, 6.45) is 0.221. The van der Waals surface area contributed by atoms with E-state index in [1.807, 2.05) is 12.1 Å². The highest BCUT2D eigenvalue weighted by Gasteiger charge is 2.35. The number of piperidine rings is 1. The number of aliphatic hydroxyl groups is 1. The molecular weight excluding hydrogens is 306 g/mol. The van der Waals surface area contributed by atoms with Gasteiger partial charge in [0.25, 0.3) is 0 Å². The van der Waals surface area contributed by atoms with Gasteiger partial charge in [-0.2, -0.15) is 0 Å². The molecule has 0 spiro atoms. The van der Waals surface area contributed by atoms with Gasteiger partial charge in [0, 0.05) is 18.1 Å². The van der Waals surface area contributed by atoms with Crippen molar-refractivity contribution in [2.45, 2.75) is 44.8 Å². The van der Waals surface area contributed by atoms with E-state index < -0.39 is 17.4 Å². The van der Waals surface area contributed by atoms with Crippen molar-refractivity contribution < 1.29 is 19.5 Å². The van der Waals surface area contributed by atoms with Gasteiger partial charge in [0.15, 0.2) is 0 Å². The van der Waals surface area contributed by atoms with Crippen LogP contribution in [0, 0.1) is 0 Å². The van der Waals surface area contributed by atoms with Crippen molar-refractivity contribution in [3.05, 3.63) is 34.9 Å². The van der Waals surface area contributed by atoms with Gasteiger partial charge >= 0.3 is 6.16 Å². The minimum Gasteiger partial charge on any atom is -0.427 e. The summed E-state index contributed by atoms with van der Waals surface area (Å²) in [4.78, 5) is 16.8. The molecule has 122 valence electrons. The Balaban J connectivity index is 1.90. The summed E-state index contributed by atoms with van der Waals surface area (Å²) in [5.74, 6) is 0. The molecule has 0 saturated carbocycles. The Morgan fingerprint density at radius 2 is 1.77 bits per heavy atom. The van der Waals surface area contributed by atoms with Crippen LogP contribution in [0.25, 0.3) is 0 Å². The summed E-state index contributed by atoms with van der Waals surface area (Å²) < 4.78 is 5.11. The quantitative estimate of drug-likeness (QED) is 0.843. The van der Waals surface area contributed by atoms with Crippen molar-refractivity contribution in [2.75, 3.05) is 13.1 Å². The maximum Gasteiger partial charge on any atom is 0.528 e. The van der Waals surface area contributed by atoms with Gasteiger partial charge in [-0.15, -0.1) is 5.06 Å². The summed E-state index contributed by atoms with van der Waals surface area (Å²) in [6.45, 7) is 6.23. The van der Waals surface area contributed by atoms with Crippen molar-refractivity contribution in [1.29, 1.82) is 0 Å². The molecule has 0 bridgehead atoms. The van der Waals surface area contributed by atoms with Gasteiger partial charge < -0.3 is 14.7 Å². The molecule has 22 heavy (non-hydrogen) atoms. The molecule has 1 aliphatic rings. The first-order chi connectivity index (χ1) is 10.2. The maximum absolute atomic E-state index is 11.6. The van der Waals surface area contributed by atoms with E-state index in [0.717, 1.165) is 5.56 Å². The van der Waals surface area contributed by atoms with Crippen LogP contribution in [0.5, 0.6) is 0 Å². The molecule has 1 aliphatic heterocycles. The Bertz CT molecular complexity index is 516. The van der Waals surface area contributed by atoms with Crippen LogP contribution in [0.4, 0.5) is 4.79 Å². The minimum absolute atomic E-state index is 0.443. The summed E-state index contributed by atoms with van der Waals surface area (Å²) in [5, 5.41) is 12.9. The predicted octanol–water partition coefficient (Wildman–Crippen LogP) is 3.49. The number of hydrogen-bond acceptors (Lipinski definition) is 5. The zero-order valence-electron chi connectivity index (χ0n) is 13.1. The SMILES string of the molecule is CC(C)(C)OC(=O)ON1CCC(O)(c2ccc(Cl)cc2)CC1. The molecular formula is C16H22ClNO4. The normalized spacial score (nSPS) is 18.8. The third-order valence-corrected chi connectivity index (χ3v) is 3.78. The van der Waals surface area contributed by atoms with E-state index in [-0.39, 0.29) is 0 Å². The van der Waals surface area contributed by atoms with Crippen molar-refractivity contribution in [2.24, 2.45) is 0 Å². The smallest absolute Gasteiger partial charge is 0.427 e. The first-order valence-corrected chi connectivity index (χ1v) is 7.70. The molecule has 6 heteroatoms. The third-order valence-electron chi connectivity index (χ3n) is 3.52. The second-order valence-corrected chi connectivity index (χ2v) is 6.96. The number of nitrogens with zero attached hydrogens (tertiary/aromatic N) is 1. The fraction of sp³-hybridized carbons (Fsp3) is 0.562. The van der Waals surface area contributed by atoms with Gasteiger partial charge in [-0.25, -0.2) is 4.79 Å². The first-order valence-electron chi connectivity index (χ1n) is 7.32. The van der Waals surface area contributed by atoms with Crippen LogP contribution >= 0.6 is 11.6 Å². The number of ether oxygens (including phenoxy) is 1. The van der Waals surface area contributed by atoms with Gasteiger partial charge in [0.2, 0.25) is 0 Å². The lowest BCUT2D eigenvalue weighted by molar-refractivity contribution is -0.177. The highest BCUT2D eigenvalue weighted by atomic mass is 35.5. The average molecular weight is 328 g/mol. The van der Waals surface area contributed by atoms with Gasteiger partial charge in [-0.05, 0) is 51.3 Å². The van der Waals surface area contributed by atoms with Crippen LogP contribution < -0.4 is 0 Å². The molecule has 0 radical (unpaired) electrons. The molecule has 1 aromatic carbocycles. The summed E-state index contributed by atoms with van der Waals surface area (Å²) >= 11 is 5.87. The zero-order valence-corrected chi connectivity index (χ0v) is 13.9. The second-order valence-electron chi connectivity index (χ2n) is 6.52. The highest BCUT2D eigenvalue weighted by molar-refractivity contribution is 6.30. The Hall–Kier alpha value is -1.30. The number of carbonyl (C=O) groups is 1. The van der Waals surface area contributed by atoms with Crippen LogP contribution in [0.15, 0.2) is 24.3 Å². The third kappa shape index (κ3) is 4.60. The van der Waals surface area contributed by atoms with E-state index >= 15 is 0 Å². The molecule has 0 amide bonds. The van der Waals surface area contributed by atoms with Gasteiger partial charge in [-0.3, -0.25) is 0 Å². The standard InChI is InChI=1S/C16H22ClNO4/c1-15(2,3)21-14(19)22-18-10-8-16(20,9-11-18)12-4-6-13(17)7-5-12/h4-7,20H,8-11H2,1-3H3. The second kappa shape index (κ2) is 6.44. The molecule has 0 atom stereocenters. The first kappa shape index (κ1) is 17.1. The van der Waals surface area contributed by atoms with Crippen LogP contribution in [0.3, 0.4) is 0 Å². The molecule has 1 fully saturated rings. The van der Waals surface area contributed by atoms with Crippen molar-refractivity contribution in [3.8, 4) is 0 Å². The van der Waals surface area contributed by atoms with E-state index in [0.29, 0.717) is 31.0 Å². The van der Waals surface area contributed by atoms with E-state index in [1.165, 1.54) is 5.06 Å². The number of rotatable bonds is 2. The largest absolute Gasteiger partial charge is 0.528 e. The maximum atomic E-state index is 11.6. The van der Waals surface area contributed by atoms with Gasteiger partial charge in [0.1, 0.15) is 5.60 Å². The van der Waals surface area contributed by atoms with Crippen LogP contribution in [-0.4, -0.2) is 35.0 Å². The van der Waals surface area contributed by atoms with E-state index in [2.05, 4.69) is 0 Å². The molecule has 2 rings (SSSR count). The molecule has 1 heterocycles. The predicted molar refractivity (Wildman–Crippen MR) is 83.5 cm³/mol. The number of benzene rings is 1. The number of halogens is 1. The van der Waals surface area contributed by atoms with Gasteiger partial charge in [0.05, 0.1) is 5.60 Å². The van der Waals surface area contributed by atoms with Crippen molar-refractivity contribution >= 4 is 17.8 Å². The minimum atomic E-state index is -0.918. The van der Waals surface area contributed by atoms with Crippen molar-refractivity contribution in [3.63, 3.8) is 0 Å². The molecule has 0 aliphatic carbocycles. The van der Waals surface area contributed by atoms with E-state index in [9.17, 15) is 9.90 Å². The zero-order chi connectivity index (χ0) is 16.4. The fourth-order valence-corrected chi connectivity index (χ4v) is 2.50. The molecule has 5 nitrogen and oxygen atoms in total. The number of carbonyl (C=O) groups excluding carboxylic acids is 1. The van der Waals surface area contributed by atoms with Gasteiger partial charge in [-0.1, -0.05) is 23.7 Å². The average Bonchev–Trinajstić information content (AvgIpc) is 2.40. The lowest BCUT2D eigenvalue weighted by Gasteiger charge is -2.37. The molecule has 0 aromatic heterocycles. The van der Waals surface area contributed by atoms with E-state index in [1.54, 1.807) is 32.9 Å². The topological polar surface area (TPSA) is 59.0 Å².